The Balaban J connectivity index is 2.52. The minimum absolute atomic E-state index is 0.462. The average Bonchev–Trinajstić information content (AvgIpc) is 2.51. The van der Waals surface area contributed by atoms with Crippen molar-refractivity contribution in [2.45, 2.75) is 6.92 Å². The van der Waals surface area contributed by atoms with E-state index in [1.165, 1.54) is 0 Å². The van der Waals surface area contributed by atoms with Crippen molar-refractivity contribution in [3.63, 3.8) is 0 Å². The SMILES string of the molecule is Cc1noc(-c2ccc(I)cc2Cl)n1. The Morgan fingerprint density at radius 2 is 2.21 bits per heavy atom. The first-order chi connectivity index (χ1) is 6.66. The summed E-state index contributed by atoms with van der Waals surface area (Å²) in [6, 6.07) is 5.68. The van der Waals surface area contributed by atoms with Crippen molar-refractivity contribution in [3.8, 4) is 11.5 Å². The van der Waals surface area contributed by atoms with Gasteiger partial charge in [-0.05, 0) is 47.7 Å². The van der Waals surface area contributed by atoms with Crippen LogP contribution in [-0.2, 0) is 0 Å². The zero-order chi connectivity index (χ0) is 10.1. The zero-order valence-electron chi connectivity index (χ0n) is 7.29. The summed E-state index contributed by atoms with van der Waals surface area (Å²) in [7, 11) is 0. The Bertz CT molecular complexity index is 470. The first-order valence-electron chi connectivity index (χ1n) is 3.92. The van der Waals surface area contributed by atoms with Crippen LogP contribution in [0.1, 0.15) is 5.82 Å². The highest BCUT2D eigenvalue weighted by molar-refractivity contribution is 14.1. The predicted octanol–water partition coefficient (Wildman–Crippen LogP) is 3.30. The van der Waals surface area contributed by atoms with Crippen LogP contribution in [0.15, 0.2) is 22.7 Å². The fraction of sp³-hybridized carbons (Fsp3) is 0.111. The third-order valence-corrected chi connectivity index (χ3v) is 2.67. The molecule has 1 heterocycles. The van der Waals surface area contributed by atoms with E-state index >= 15 is 0 Å². The second-order valence-electron chi connectivity index (χ2n) is 2.77. The van der Waals surface area contributed by atoms with Gasteiger partial charge in [0.25, 0.3) is 5.89 Å². The van der Waals surface area contributed by atoms with Gasteiger partial charge in [-0.1, -0.05) is 16.8 Å². The van der Waals surface area contributed by atoms with Gasteiger partial charge in [-0.15, -0.1) is 0 Å². The summed E-state index contributed by atoms with van der Waals surface area (Å²) in [6.45, 7) is 1.77. The molecule has 72 valence electrons. The number of hydrogen-bond donors (Lipinski definition) is 0. The van der Waals surface area contributed by atoms with E-state index in [0.717, 1.165) is 9.13 Å². The molecule has 0 bridgehead atoms. The van der Waals surface area contributed by atoms with Crippen LogP contribution in [0.4, 0.5) is 0 Å². The fourth-order valence-electron chi connectivity index (χ4n) is 1.07. The van der Waals surface area contributed by atoms with E-state index in [9.17, 15) is 0 Å². The normalized spacial score (nSPS) is 10.5. The number of aryl methyl sites for hydroxylation is 1. The van der Waals surface area contributed by atoms with Gasteiger partial charge in [-0.2, -0.15) is 4.98 Å². The van der Waals surface area contributed by atoms with Crippen molar-refractivity contribution in [1.29, 1.82) is 0 Å². The second-order valence-corrected chi connectivity index (χ2v) is 4.42. The van der Waals surface area contributed by atoms with Crippen LogP contribution in [0.3, 0.4) is 0 Å². The summed E-state index contributed by atoms with van der Waals surface area (Å²) in [5.74, 6) is 1.07. The van der Waals surface area contributed by atoms with Crippen molar-refractivity contribution in [1.82, 2.24) is 10.1 Å². The number of benzene rings is 1. The van der Waals surface area contributed by atoms with Gasteiger partial charge in [0.15, 0.2) is 5.82 Å². The molecule has 0 saturated carbocycles. The molecular weight excluding hydrogens is 314 g/mol. The lowest BCUT2D eigenvalue weighted by molar-refractivity contribution is 0.425. The molecule has 0 N–H and O–H groups in total. The molecule has 0 radical (unpaired) electrons. The lowest BCUT2D eigenvalue weighted by atomic mass is 10.2. The molecule has 0 spiro atoms. The molecule has 1 aromatic heterocycles. The van der Waals surface area contributed by atoms with E-state index in [-0.39, 0.29) is 0 Å². The van der Waals surface area contributed by atoms with Crippen LogP contribution in [0.2, 0.25) is 5.02 Å². The number of halogens is 2. The first-order valence-corrected chi connectivity index (χ1v) is 5.38. The Labute approximate surface area is 99.6 Å². The lowest BCUT2D eigenvalue weighted by Crippen LogP contribution is -1.81. The molecule has 0 saturated heterocycles. The van der Waals surface area contributed by atoms with Gasteiger partial charge in [0.1, 0.15) is 0 Å². The Kier molecular flexibility index (Phi) is 2.73. The largest absolute Gasteiger partial charge is 0.334 e. The Morgan fingerprint density at radius 1 is 1.43 bits per heavy atom. The van der Waals surface area contributed by atoms with E-state index < -0.39 is 0 Å². The van der Waals surface area contributed by atoms with Crippen molar-refractivity contribution < 1.29 is 4.52 Å². The highest BCUT2D eigenvalue weighted by atomic mass is 127. The topological polar surface area (TPSA) is 38.9 Å². The van der Waals surface area contributed by atoms with Crippen LogP contribution in [0, 0.1) is 10.5 Å². The maximum atomic E-state index is 6.04. The molecule has 0 atom stereocenters. The minimum Gasteiger partial charge on any atom is -0.334 e. The van der Waals surface area contributed by atoms with Crippen LogP contribution in [0.5, 0.6) is 0 Å². The van der Waals surface area contributed by atoms with E-state index in [2.05, 4.69) is 32.7 Å². The quantitative estimate of drug-likeness (QED) is 0.757. The van der Waals surface area contributed by atoms with Crippen molar-refractivity contribution in [2.24, 2.45) is 0 Å². The third-order valence-electron chi connectivity index (χ3n) is 1.69. The summed E-state index contributed by atoms with van der Waals surface area (Å²) in [4.78, 5) is 4.11. The van der Waals surface area contributed by atoms with Gasteiger partial charge in [0.05, 0.1) is 10.6 Å². The van der Waals surface area contributed by atoms with Gasteiger partial charge in [-0.25, -0.2) is 0 Å². The average molecular weight is 321 g/mol. The lowest BCUT2D eigenvalue weighted by Gasteiger charge is -1.98. The van der Waals surface area contributed by atoms with Crippen molar-refractivity contribution in [3.05, 3.63) is 32.6 Å². The molecule has 0 aliphatic carbocycles. The van der Waals surface area contributed by atoms with Crippen LogP contribution < -0.4 is 0 Å². The maximum absolute atomic E-state index is 6.04. The van der Waals surface area contributed by atoms with Gasteiger partial charge in [-0.3, -0.25) is 0 Å². The molecule has 2 rings (SSSR count). The van der Waals surface area contributed by atoms with Crippen LogP contribution in [-0.4, -0.2) is 10.1 Å². The molecule has 2 aromatic rings. The predicted molar refractivity (Wildman–Crippen MR) is 62.2 cm³/mol. The molecule has 5 heteroatoms. The van der Waals surface area contributed by atoms with Crippen molar-refractivity contribution in [2.75, 3.05) is 0 Å². The zero-order valence-corrected chi connectivity index (χ0v) is 10.2. The summed E-state index contributed by atoms with van der Waals surface area (Å²) in [5.41, 5.74) is 0.771. The van der Waals surface area contributed by atoms with Gasteiger partial charge in [0.2, 0.25) is 0 Å². The van der Waals surface area contributed by atoms with E-state index in [1.54, 1.807) is 6.92 Å². The summed E-state index contributed by atoms with van der Waals surface area (Å²) in [6.07, 6.45) is 0. The minimum atomic E-state index is 0.462. The standard InChI is InChI=1S/C9H6ClIN2O/c1-5-12-9(14-13-5)7-3-2-6(11)4-8(7)10/h2-4H,1H3. The number of hydrogen-bond acceptors (Lipinski definition) is 3. The molecule has 14 heavy (non-hydrogen) atoms. The number of nitrogens with zero attached hydrogens (tertiary/aromatic N) is 2. The number of aromatic nitrogens is 2. The molecule has 0 fully saturated rings. The smallest absolute Gasteiger partial charge is 0.259 e. The highest BCUT2D eigenvalue weighted by Gasteiger charge is 2.10. The van der Waals surface area contributed by atoms with Gasteiger partial charge < -0.3 is 4.52 Å². The monoisotopic (exact) mass is 320 g/mol. The molecular formula is C9H6ClIN2O. The van der Waals surface area contributed by atoms with Crippen molar-refractivity contribution >= 4 is 34.2 Å². The molecule has 0 aliphatic heterocycles. The fourth-order valence-corrected chi connectivity index (χ4v) is 2.01. The Hall–Kier alpha value is -0.620. The second kappa shape index (κ2) is 3.86. The van der Waals surface area contributed by atoms with E-state index in [4.69, 9.17) is 16.1 Å². The molecule has 1 aromatic carbocycles. The van der Waals surface area contributed by atoms with E-state index in [1.807, 2.05) is 18.2 Å². The third kappa shape index (κ3) is 1.90. The number of rotatable bonds is 1. The van der Waals surface area contributed by atoms with Crippen LogP contribution >= 0.6 is 34.2 Å². The van der Waals surface area contributed by atoms with Gasteiger partial charge in [0, 0.05) is 3.57 Å². The summed E-state index contributed by atoms with van der Waals surface area (Å²) < 4.78 is 6.10. The van der Waals surface area contributed by atoms with E-state index in [0.29, 0.717) is 16.7 Å². The molecule has 0 aliphatic rings. The Morgan fingerprint density at radius 3 is 2.79 bits per heavy atom. The highest BCUT2D eigenvalue weighted by Crippen LogP contribution is 2.27. The maximum Gasteiger partial charge on any atom is 0.259 e. The first kappa shape index (κ1) is 9.92. The summed E-state index contributed by atoms with van der Waals surface area (Å²) in [5, 5.41) is 4.34. The molecule has 3 nitrogen and oxygen atoms in total. The molecule has 0 amide bonds. The molecule has 0 unspecified atom stereocenters. The van der Waals surface area contributed by atoms with Gasteiger partial charge >= 0.3 is 0 Å². The summed E-state index contributed by atoms with van der Waals surface area (Å²) >= 11 is 8.24. The van der Waals surface area contributed by atoms with Crippen LogP contribution in [0.25, 0.3) is 11.5 Å².